The number of rotatable bonds is 3. The van der Waals surface area contributed by atoms with Crippen molar-refractivity contribution in [3.63, 3.8) is 0 Å². The van der Waals surface area contributed by atoms with Crippen LogP contribution >= 0.6 is 15.9 Å². The summed E-state index contributed by atoms with van der Waals surface area (Å²) >= 11 is 3.13. The Morgan fingerprint density at radius 1 is 1.26 bits per heavy atom. The van der Waals surface area contributed by atoms with Gasteiger partial charge >= 0.3 is 0 Å². The number of halogens is 2. The van der Waals surface area contributed by atoms with E-state index >= 15 is 0 Å². The fraction of sp³-hybridized carbons (Fsp3) is 0. The molecule has 3 N–H and O–H groups in total. The quantitative estimate of drug-likeness (QED) is 0.660. The number of nitrogens with zero attached hydrogens (tertiary/aromatic N) is 1. The zero-order valence-corrected chi connectivity index (χ0v) is 11.9. The lowest BCUT2D eigenvalue weighted by Crippen LogP contribution is -2.13. The highest BCUT2D eigenvalue weighted by Gasteiger charge is 2.16. The van der Waals surface area contributed by atoms with E-state index in [1.807, 2.05) is 0 Å². The van der Waals surface area contributed by atoms with Crippen molar-refractivity contribution in [2.45, 2.75) is 4.90 Å². The lowest BCUT2D eigenvalue weighted by atomic mass is 10.3. The fourth-order valence-electron chi connectivity index (χ4n) is 1.39. The number of benzene rings is 1. The molecule has 1 aromatic heterocycles. The van der Waals surface area contributed by atoms with Gasteiger partial charge in [-0.05, 0) is 46.3 Å². The van der Waals surface area contributed by atoms with E-state index in [1.165, 1.54) is 18.3 Å². The van der Waals surface area contributed by atoms with E-state index in [0.717, 1.165) is 12.1 Å². The Morgan fingerprint density at radius 2 is 2.00 bits per heavy atom. The van der Waals surface area contributed by atoms with Crippen molar-refractivity contribution >= 4 is 37.3 Å². The number of hydrogen-bond donors (Lipinski definition) is 2. The third-order valence-electron chi connectivity index (χ3n) is 2.18. The van der Waals surface area contributed by atoms with E-state index in [4.69, 9.17) is 5.73 Å². The topological polar surface area (TPSA) is 85.1 Å². The molecule has 0 spiro atoms. The zero-order chi connectivity index (χ0) is 14.0. The van der Waals surface area contributed by atoms with Gasteiger partial charge in [-0.1, -0.05) is 0 Å². The molecule has 5 nitrogen and oxygen atoms in total. The number of nitrogens with two attached hydrogens (primary N) is 1. The summed E-state index contributed by atoms with van der Waals surface area (Å²) in [5, 5.41) is 0. The van der Waals surface area contributed by atoms with Crippen molar-refractivity contribution in [3.05, 3.63) is 46.9 Å². The minimum Gasteiger partial charge on any atom is -0.399 e. The van der Waals surface area contributed by atoms with E-state index in [2.05, 4.69) is 25.6 Å². The van der Waals surface area contributed by atoms with Crippen LogP contribution in [0.3, 0.4) is 0 Å². The molecule has 1 heterocycles. The molecule has 0 atom stereocenters. The van der Waals surface area contributed by atoms with Gasteiger partial charge in [0.25, 0.3) is 10.0 Å². The Balaban J connectivity index is 2.34. The molecule has 0 amide bonds. The molecule has 0 fully saturated rings. The monoisotopic (exact) mass is 345 g/mol. The Kier molecular flexibility index (Phi) is 3.72. The highest BCUT2D eigenvalue weighted by Crippen LogP contribution is 2.19. The standard InChI is InChI=1S/C11H9BrFN3O2S/c12-11-2-1-9(6-15-11)16-19(17,18)10-4-7(13)3-8(14)5-10/h1-6,16H,14H2. The van der Waals surface area contributed by atoms with Crippen LogP contribution in [0.5, 0.6) is 0 Å². The first-order chi connectivity index (χ1) is 8.87. The maximum atomic E-state index is 13.2. The van der Waals surface area contributed by atoms with E-state index < -0.39 is 15.8 Å². The molecule has 0 saturated carbocycles. The van der Waals surface area contributed by atoms with Gasteiger partial charge in [0.2, 0.25) is 0 Å². The van der Waals surface area contributed by atoms with Gasteiger partial charge < -0.3 is 5.73 Å². The molecule has 2 rings (SSSR count). The summed E-state index contributed by atoms with van der Waals surface area (Å²) in [6, 6.07) is 6.22. The van der Waals surface area contributed by atoms with Gasteiger partial charge in [-0.3, -0.25) is 4.72 Å². The van der Waals surface area contributed by atoms with Crippen LogP contribution in [0.25, 0.3) is 0 Å². The second-order valence-electron chi connectivity index (χ2n) is 3.70. The molecule has 2 aromatic rings. The largest absolute Gasteiger partial charge is 0.399 e. The molecule has 0 radical (unpaired) electrons. The maximum Gasteiger partial charge on any atom is 0.262 e. The maximum absolute atomic E-state index is 13.2. The third kappa shape index (κ3) is 3.42. The molecule has 100 valence electrons. The van der Waals surface area contributed by atoms with Crippen molar-refractivity contribution in [2.75, 3.05) is 10.5 Å². The number of hydrogen-bond acceptors (Lipinski definition) is 4. The van der Waals surface area contributed by atoms with Crippen molar-refractivity contribution in [3.8, 4) is 0 Å². The average molecular weight is 346 g/mol. The van der Waals surface area contributed by atoms with E-state index in [0.29, 0.717) is 4.60 Å². The van der Waals surface area contributed by atoms with Crippen molar-refractivity contribution in [1.29, 1.82) is 0 Å². The number of pyridine rings is 1. The second-order valence-corrected chi connectivity index (χ2v) is 6.19. The van der Waals surface area contributed by atoms with Gasteiger partial charge in [-0.15, -0.1) is 0 Å². The number of anilines is 2. The molecule has 0 aliphatic heterocycles. The lowest BCUT2D eigenvalue weighted by molar-refractivity contribution is 0.595. The zero-order valence-electron chi connectivity index (χ0n) is 9.47. The van der Waals surface area contributed by atoms with Crippen LogP contribution in [-0.4, -0.2) is 13.4 Å². The predicted molar refractivity (Wildman–Crippen MR) is 73.6 cm³/mol. The normalized spacial score (nSPS) is 11.3. The van der Waals surface area contributed by atoms with E-state index in [9.17, 15) is 12.8 Å². The summed E-state index contributed by atoms with van der Waals surface area (Å²) in [5.41, 5.74) is 5.72. The highest BCUT2D eigenvalue weighted by atomic mass is 79.9. The van der Waals surface area contributed by atoms with Crippen LogP contribution in [0, 0.1) is 5.82 Å². The third-order valence-corrected chi connectivity index (χ3v) is 4.01. The number of sulfonamides is 1. The first-order valence-electron chi connectivity index (χ1n) is 5.07. The molecule has 0 saturated heterocycles. The Labute approximate surface area is 117 Å². The molecule has 0 aliphatic rings. The summed E-state index contributed by atoms with van der Waals surface area (Å²) in [6.07, 6.45) is 1.34. The predicted octanol–water partition coefficient (Wildman–Crippen LogP) is 2.37. The van der Waals surface area contributed by atoms with Crippen LogP contribution in [0.4, 0.5) is 15.8 Å². The summed E-state index contributed by atoms with van der Waals surface area (Å²) < 4.78 is 40.1. The first kappa shape index (κ1) is 13.8. The molecule has 0 bridgehead atoms. The minimum absolute atomic E-state index is 0.0364. The lowest BCUT2D eigenvalue weighted by Gasteiger charge is -2.08. The van der Waals surface area contributed by atoms with Crippen molar-refractivity contribution in [1.82, 2.24) is 4.98 Å². The molecule has 19 heavy (non-hydrogen) atoms. The van der Waals surface area contributed by atoms with Crippen LogP contribution in [0.2, 0.25) is 0 Å². The highest BCUT2D eigenvalue weighted by molar-refractivity contribution is 9.10. The van der Waals surface area contributed by atoms with Gasteiger partial charge in [-0.25, -0.2) is 17.8 Å². The number of nitrogens with one attached hydrogen (secondary N) is 1. The fourth-order valence-corrected chi connectivity index (χ4v) is 2.73. The van der Waals surface area contributed by atoms with Crippen LogP contribution in [0.15, 0.2) is 46.0 Å². The minimum atomic E-state index is -3.90. The smallest absolute Gasteiger partial charge is 0.262 e. The van der Waals surface area contributed by atoms with Gasteiger partial charge in [0, 0.05) is 5.69 Å². The van der Waals surface area contributed by atoms with Gasteiger partial charge in [-0.2, -0.15) is 0 Å². The van der Waals surface area contributed by atoms with E-state index in [-0.39, 0.29) is 16.3 Å². The summed E-state index contributed by atoms with van der Waals surface area (Å²) in [6.45, 7) is 0. The van der Waals surface area contributed by atoms with Gasteiger partial charge in [0.05, 0.1) is 16.8 Å². The Bertz CT molecular complexity index is 684. The molecular weight excluding hydrogens is 337 g/mol. The van der Waals surface area contributed by atoms with Crippen LogP contribution in [-0.2, 0) is 10.0 Å². The molecular formula is C11H9BrFN3O2S. The van der Waals surface area contributed by atoms with E-state index in [1.54, 1.807) is 6.07 Å². The molecule has 1 aromatic carbocycles. The van der Waals surface area contributed by atoms with Crippen LogP contribution in [0.1, 0.15) is 0 Å². The van der Waals surface area contributed by atoms with Gasteiger partial charge in [0.15, 0.2) is 0 Å². The summed E-state index contributed by atoms with van der Waals surface area (Å²) in [4.78, 5) is 3.64. The molecule has 0 unspecified atom stereocenters. The summed E-state index contributed by atoms with van der Waals surface area (Å²) in [7, 11) is -3.90. The number of nitrogen functional groups attached to an aromatic ring is 1. The average Bonchev–Trinajstić information content (AvgIpc) is 2.31. The molecule has 0 aliphatic carbocycles. The number of aromatic nitrogens is 1. The Morgan fingerprint density at radius 3 is 2.58 bits per heavy atom. The van der Waals surface area contributed by atoms with Crippen molar-refractivity contribution < 1.29 is 12.8 Å². The van der Waals surface area contributed by atoms with Crippen molar-refractivity contribution in [2.24, 2.45) is 0 Å². The second kappa shape index (κ2) is 5.14. The van der Waals surface area contributed by atoms with Crippen LogP contribution < -0.4 is 10.5 Å². The SMILES string of the molecule is Nc1cc(F)cc(S(=O)(=O)Nc2ccc(Br)nc2)c1. The van der Waals surface area contributed by atoms with Gasteiger partial charge in [0.1, 0.15) is 10.4 Å². The first-order valence-corrected chi connectivity index (χ1v) is 7.35. The Hall–Kier alpha value is -1.67. The molecule has 8 heteroatoms. The summed E-state index contributed by atoms with van der Waals surface area (Å²) in [5.74, 6) is -0.714.